The fourth-order valence-corrected chi connectivity index (χ4v) is 3.72. The summed E-state index contributed by atoms with van der Waals surface area (Å²) in [6.45, 7) is 4.20. The molecule has 7 nitrogen and oxygen atoms in total. The lowest BCUT2D eigenvalue weighted by Gasteiger charge is -2.21. The lowest BCUT2D eigenvalue weighted by atomic mass is 9.84. The maximum absolute atomic E-state index is 5.57. The molecule has 2 N–H and O–H groups in total. The molecule has 0 fully saturated rings. The Morgan fingerprint density at radius 3 is 2.00 bits per heavy atom. The van der Waals surface area contributed by atoms with Gasteiger partial charge in [-0.15, -0.1) is 5.10 Å². The molecule has 1 aliphatic heterocycles. The smallest absolute Gasteiger partial charge is 0.161 e. The van der Waals surface area contributed by atoms with Crippen LogP contribution in [0.15, 0.2) is 40.5 Å². The highest BCUT2D eigenvalue weighted by Gasteiger charge is 2.27. The van der Waals surface area contributed by atoms with Gasteiger partial charge in [0.2, 0.25) is 0 Å². The zero-order valence-corrected chi connectivity index (χ0v) is 18.4. The van der Waals surface area contributed by atoms with E-state index in [-0.39, 0.29) is 11.4 Å². The molecule has 0 amide bonds. The van der Waals surface area contributed by atoms with Gasteiger partial charge < -0.3 is 24.4 Å². The largest absolute Gasteiger partial charge is 0.493 e. The van der Waals surface area contributed by atoms with E-state index in [1.54, 1.807) is 28.4 Å². The summed E-state index contributed by atoms with van der Waals surface area (Å²) >= 11 is 0. The molecule has 1 unspecified atom stereocenters. The molecule has 30 heavy (non-hydrogen) atoms. The number of rotatable bonds is 7. The molecular weight excluding hydrogens is 384 g/mol. The molecule has 162 valence electrons. The van der Waals surface area contributed by atoms with Crippen LogP contribution in [-0.2, 0) is 0 Å². The van der Waals surface area contributed by atoms with Crippen molar-refractivity contribution in [2.75, 3.05) is 28.4 Å². The number of nitrogens with zero attached hydrogens (tertiary/aromatic N) is 2. The summed E-state index contributed by atoms with van der Waals surface area (Å²) in [5.41, 5.74) is 4.76. The van der Waals surface area contributed by atoms with E-state index in [4.69, 9.17) is 18.9 Å². The Morgan fingerprint density at radius 1 is 0.800 bits per heavy atom. The summed E-state index contributed by atoms with van der Waals surface area (Å²) in [4.78, 5) is 0. The molecule has 0 aromatic heterocycles. The van der Waals surface area contributed by atoms with Crippen molar-refractivity contribution >= 4 is 11.4 Å². The van der Waals surface area contributed by atoms with Crippen LogP contribution in [0.2, 0.25) is 0 Å². The predicted octanol–water partition coefficient (Wildman–Crippen LogP) is 4.01. The molecule has 0 saturated heterocycles. The molecule has 1 atom stereocenters. The second kappa shape index (κ2) is 10.1. The van der Waals surface area contributed by atoms with Crippen LogP contribution in [0.4, 0.5) is 0 Å². The Morgan fingerprint density at radius 2 is 1.40 bits per heavy atom. The van der Waals surface area contributed by atoms with Gasteiger partial charge in [0, 0.05) is 22.8 Å². The molecule has 2 aromatic rings. The highest BCUT2D eigenvalue weighted by atomic mass is 16.5. The van der Waals surface area contributed by atoms with E-state index in [2.05, 4.69) is 23.2 Å². The number of ether oxygens (including phenoxy) is 4. The Labute approximate surface area is 177 Å². The third-order valence-corrected chi connectivity index (χ3v) is 5.23. The Hall–Kier alpha value is -3.06. The maximum Gasteiger partial charge on any atom is 0.161 e. The van der Waals surface area contributed by atoms with Gasteiger partial charge in [-0.05, 0) is 49.2 Å². The summed E-state index contributed by atoms with van der Waals surface area (Å²) in [7, 11) is 6.54. The summed E-state index contributed by atoms with van der Waals surface area (Å²) < 4.78 is 22.0. The van der Waals surface area contributed by atoms with Gasteiger partial charge in [0.05, 0.1) is 28.4 Å². The van der Waals surface area contributed by atoms with Crippen molar-refractivity contribution in [3.63, 3.8) is 0 Å². The second-order valence-electron chi connectivity index (χ2n) is 6.90. The molecule has 0 saturated carbocycles. The van der Waals surface area contributed by atoms with Gasteiger partial charge in [-0.2, -0.15) is 5.10 Å². The number of hydrogen-bond acceptors (Lipinski definition) is 6. The van der Waals surface area contributed by atoms with E-state index in [1.165, 1.54) is 0 Å². The topological polar surface area (TPSA) is 93.1 Å². The first kappa shape index (κ1) is 23.2. The van der Waals surface area contributed by atoms with Crippen molar-refractivity contribution in [3.8, 4) is 23.0 Å². The van der Waals surface area contributed by atoms with E-state index >= 15 is 0 Å². The van der Waals surface area contributed by atoms with Gasteiger partial charge in [0.25, 0.3) is 0 Å². The van der Waals surface area contributed by atoms with Gasteiger partial charge in [-0.25, -0.2) is 0 Å². The Kier molecular flexibility index (Phi) is 7.83. The quantitative estimate of drug-likeness (QED) is 0.684. The molecule has 1 aliphatic rings. The van der Waals surface area contributed by atoms with Crippen LogP contribution in [0.1, 0.15) is 49.3 Å². The maximum atomic E-state index is 5.57. The predicted molar refractivity (Wildman–Crippen MR) is 119 cm³/mol. The molecular formula is C23H30N2O5. The zero-order valence-electron chi connectivity index (χ0n) is 18.4. The first-order valence-electron chi connectivity index (χ1n) is 9.68. The average Bonchev–Trinajstić information content (AvgIpc) is 2.89. The normalized spacial score (nSPS) is 15.1. The van der Waals surface area contributed by atoms with Crippen LogP contribution in [0.25, 0.3) is 0 Å². The van der Waals surface area contributed by atoms with E-state index in [9.17, 15) is 0 Å². The molecule has 3 rings (SSSR count). The molecule has 0 radical (unpaired) electrons. The first-order valence-corrected chi connectivity index (χ1v) is 9.68. The fraction of sp³-hybridized carbons (Fsp3) is 0.391. The fourth-order valence-electron chi connectivity index (χ4n) is 3.72. The third kappa shape index (κ3) is 4.26. The van der Waals surface area contributed by atoms with Crippen molar-refractivity contribution in [2.45, 2.75) is 32.6 Å². The Bertz CT molecular complexity index is 953. The van der Waals surface area contributed by atoms with Crippen LogP contribution in [0.3, 0.4) is 0 Å². The molecule has 0 spiro atoms. The van der Waals surface area contributed by atoms with Crippen molar-refractivity contribution in [1.82, 2.24) is 0 Å². The third-order valence-electron chi connectivity index (χ3n) is 5.23. The van der Waals surface area contributed by atoms with E-state index < -0.39 is 0 Å². The SMILES string of the molecule is CCCC1C(C)=NN=C(c2ccc(OC)c(OC)c2)c2cc(OC)c(OC)cc21.O. The number of fused-ring (bicyclic) bond motifs is 1. The number of hydrogen-bond donors (Lipinski definition) is 0. The number of methoxy groups -OCH3 is 4. The molecule has 1 heterocycles. The lowest BCUT2D eigenvalue weighted by Crippen LogP contribution is -2.13. The molecule has 7 heteroatoms. The minimum Gasteiger partial charge on any atom is -0.493 e. The van der Waals surface area contributed by atoms with Crippen molar-refractivity contribution in [3.05, 3.63) is 47.0 Å². The molecule has 0 aliphatic carbocycles. The average molecular weight is 415 g/mol. The standard InChI is InChI=1S/C23H28N2O4.H2O/c1-7-8-16-14(2)24-25-23(15-9-10-19(26-3)20(11-15)27-4)18-13-22(29-6)21(28-5)12-17(16)18;/h9-13,16H,7-8H2,1-6H3;1H2. The van der Waals surface area contributed by atoms with Crippen LogP contribution in [0.5, 0.6) is 23.0 Å². The van der Waals surface area contributed by atoms with Gasteiger partial charge in [0.1, 0.15) is 5.71 Å². The van der Waals surface area contributed by atoms with Gasteiger partial charge >= 0.3 is 0 Å². The minimum absolute atomic E-state index is 0. The summed E-state index contributed by atoms with van der Waals surface area (Å²) in [6.07, 6.45) is 2.02. The highest BCUT2D eigenvalue weighted by Crippen LogP contribution is 2.39. The van der Waals surface area contributed by atoms with Crippen molar-refractivity contribution < 1.29 is 24.4 Å². The van der Waals surface area contributed by atoms with Gasteiger partial charge in [-0.3, -0.25) is 0 Å². The van der Waals surface area contributed by atoms with Crippen LogP contribution in [0, 0.1) is 0 Å². The lowest BCUT2D eigenvalue weighted by molar-refractivity contribution is 0.354. The molecule has 2 aromatic carbocycles. The summed E-state index contributed by atoms with van der Waals surface area (Å²) in [5, 5.41) is 9.18. The minimum atomic E-state index is 0. The monoisotopic (exact) mass is 414 g/mol. The van der Waals surface area contributed by atoms with Crippen LogP contribution < -0.4 is 18.9 Å². The van der Waals surface area contributed by atoms with E-state index in [0.29, 0.717) is 23.0 Å². The highest BCUT2D eigenvalue weighted by molar-refractivity contribution is 6.16. The Balaban J connectivity index is 0.00000320. The van der Waals surface area contributed by atoms with E-state index in [1.807, 2.05) is 31.2 Å². The van der Waals surface area contributed by atoms with Crippen LogP contribution in [-0.4, -0.2) is 45.3 Å². The van der Waals surface area contributed by atoms with Gasteiger partial charge in [-0.1, -0.05) is 13.3 Å². The van der Waals surface area contributed by atoms with Crippen molar-refractivity contribution in [1.29, 1.82) is 0 Å². The zero-order chi connectivity index (χ0) is 21.0. The summed E-state index contributed by atoms with van der Waals surface area (Å²) in [6, 6.07) is 9.80. The van der Waals surface area contributed by atoms with Crippen LogP contribution >= 0.6 is 0 Å². The molecule has 0 bridgehead atoms. The first-order chi connectivity index (χ1) is 14.1. The van der Waals surface area contributed by atoms with E-state index in [0.717, 1.165) is 41.0 Å². The number of benzene rings is 2. The van der Waals surface area contributed by atoms with Crippen molar-refractivity contribution in [2.24, 2.45) is 10.2 Å². The second-order valence-corrected chi connectivity index (χ2v) is 6.90. The van der Waals surface area contributed by atoms with Gasteiger partial charge in [0.15, 0.2) is 23.0 Å². The summed E-state index contributed by atoms with van der Waals surface area (Å²) in [5.74, 6) is 2.84.